The molecule has 5 heteroatoms. The SMILES string of the molecule is CC(C)C1=NO[C@H](C(=O)N(C)CCN2CCCC2)C1. The number of nitrogens with zero attached hydrogens (tertiary/aromatic N) is 3. The number of amides is 1. The number of rotatable bonds is 5. The zero-order valence-electron chi connectivity index (χ0n) is 12.3. The first-order valence-corrected chi connectivity index (χ1v) is 7.28. The summed E-state index contributed by atoms with van der Waals surface area (Å²) in [5, 5.41) is 4.02. The first kappa shape index (κ1) is 14.3. The fraction of sp³-hybridized carbons (Fsp3) is 0.857. The summed E-state index contributed by atoms with van der Waals surface area (Å²) in [5.41, 5.74) is 0.992. The molecule has 0 aliphatic carbocycles. The Bertz CT molecular complexity index is 349. The predicted molar refractivity (Wildman–Crippen MR) is 75.1 cm³/mol. The van der Waals surface area contributed by atoms with Crippen LogP contribution in [0.5, 0.6) is 0 Å². The van der Waals surface area contributed by atoms with E-state index in [0.717, 1.165) is 18.8 Å². The van der Waals surface area contributed by atoms with Gasteiger partial charge in [0.05, 0.1) is 5.71 Å². The highest BCUT2D eigenvalue weighted by molar-refractivity contribution is 5.93. The molecule has 19 heavy (non-hydrogen) atoms. The molecular weight excluding hydrogens is 242 g/mol. The van der Waals surface area contributed by atoms with Gasteiger partial charge in [-0.1, -0.05) is 19.0 Å². The molecule has 0 spiro atoms. The van der Waals surface area contributed by atoms with Crippen molar-refractivity contribution in [3.05, 3.63) is 0 Å². The van der Waals surface area contributed by atoms with Gasteiger partial charge in [0, 0.05) is 26.6 Å². The van der Waals surface area contributed by atoms with E-state index in [1.807, 2.05) is 7.05 Å². The maximum absolute atomic E-state index is 12.2. The van der Waals surface area contributed by atoms with Crippen molar-refractivity contribution in [3.63, 3.8) is 0 Å². The molecule has 1 amide bonds. The predicted octanol–water partition coefficient (Wildman–Crippen LogP) is 1.34. The second-order valence-electron chi connectivity index (χ2n) is 5.84. The standard InChI is InChI=1S/C14H25N3O2/c1-11(2)12-10-13(19-15-12)14(18)16(3)8-9-17-6-4-5-7-17/h11,13H,4-10H2,1-3H3/t13-/m0/s1. The lowest BCUT2D eigenvalue weighted by Crippen LogP contribution is -2.40. The van der Waals surface area contributed by atoms with E-state index < -0.39 is 6.10 Å². The average molecular weight is 267 g/mol. The fourth-order valence-corrected chi connectivity index (χ4v) is 2.52. The second kappa shape index (κ2) is 6.37. The second-order valence-corrected chi connectivity index (χ2v) is 5.84. The zero-order chi connectivity index (χ0) is 13.8. The van der Waals surface area contributed by atoms with Crippen LogP contribution in [0.4, 0.5) is 0 Å². The molecule has 2 aliphatic rings. The van der Waals surface area contributed by atoms with Gasteiger partial charge in [0.15, 0.2) is 0 Å². The third-order valence-corrected chi connectivity index (χ3v) is 3.96. The summed E-state index contributed by atoms with van der Waals surface area (Å²) in [5.74, 6) is 0.409. The first-order valence-electron chi connectivity index (χ1n) is 7.28. The molecular formula is C14H25N3O2. The van der Waals surface area contributed by atoms with Crippen LogP contribution in [0.25, 0.3) is 0 Å². The molecule has 2 heterocycles. The van der Waals surface area contributed by atoms with Gasteiger partial charge in [-0.05, 0) is 31.8 Å². The third-order valence-electron chi connectivity index (χ3n) is 3.96. The van der Waals surface area contributed by atoms with Crippen molar-refractivity contribution in [2.45, 2.75) is 39.2 Å². The highest BCUT2D eigenvalue weighted by atomic mass is 16.6. The van der Waals surface area contributed by atoms with Crippen molar-refractivity contribution >= 4 is 11.6 Å². The number of likely N-dealkylation sites (N-methyl/N-ethyl adjacent to an activating group) is 1. The Morgan fingerprint density at radius 3 is 2.74 bits per heavy atom. The molecule has 1 fully saturated rings. The summed E-state index contributed by atoms with van der Waals surface area (Å²) in [6.45, 7) is 8.23. The van der Waals surface area contributed by atoms with E-state index in [9.17, 15) is 4.79 Å². The molecule has 0 aromatic carbocycles. The maximum Gasteiger partial charge on any atom is 0.266 e. The molecule has 1 saturated heterocycles. The highest BCUT2D eigenvalue weighted by Crippen LogP contribution is 2.17. The van der Waals surface area contributed by atoms with Crippen LogP contribution in [0.15, 0.2) is 5.16 Å². The Labute approximate surface area is 115 Å². The Balaban J connectivity index is 1.73. The number of carbonyl (C=O) groups is 1. The number of hydrogen-bond acceptors (Lipinski definition) is 4. The van der Waals surface area contributed by atoms with Crippen LogP contribution in [0.2, 0.25) is 0 Å². The van der Waals surface area contributed by atoms with Gasteiger partial charge in [-0.25, -0.2) is 0 Å². The van der Waals surface area contributed by atoms with Crippen molar-refractivity contribution < 1.29 is 9.63 Å². The van der Waals surface area contributed by atoms with Crippen LogP contribution < -0.4 is 0 Å². The van der Waals surface area contributed by atoms with Gasteiger partial charge < -0.3 is 14.6 Å². The van der Waals surface area contributed by atoms with E-state index in [4.69, 9.17) is 4.84 Å². The Morgan fingerprint density at radius 1 is 1.47 bits per heavy atom. The molecule has 0 saturated carbocycles. The van der Waals surface area contributed by atoms with E-state index in [1.165, 1.54) is 25.9 Å². The molecule has 1 atom stereocenters. The molecule has 0 radical (unpaired) electrons. The van der Waals surface area contributed by atoms with Gasteiger partial charge in [0.25, 0.3) is 5.91 Å². The summed E-state index contributed by atoms with van der Waals surface area (Å²) in [4.78, 5) is 21.7. The lowest BCUT2D eigenvalue weighted by molar-refractivity contribution is -0.140. The Morgan fingerprint density at radius 2 is 2.16 bits per heavy atom. The third kappa shape index (κ3) is 3.69. The van der Waals surface area contributed by atoms with E-state index in [-0.39, 0.29) is 5.91 Å². The number of oxime groups is 1. The zero-order valence-corrected chi connectivity index (χ0v) is 12.3. The molecule has 0 aromatic rings. The van der Waals surface area contributed by atoms with Gasteiger partial charge in [-0.3, -0.25) is 4.79 Å². The van der Waals surface area contributed by atoms with Gasteiger partial charge in [-0.2, -0.15) is 0 Å². The first-order chi connectivity index (χ1) is 9.08. The Hall–Kier alpha value is -1.10. The fourth-order valence-electron chi connectivity index (χ4n) is 2.52. The molecule has 2 aliphatic heterocycles. The van der Waals surface area contributed by atoms with Gasteiger partial charge in [0.2, 0.25) is 6.10 Å². The number of likely N-dealkylation sites (tertiary alicyclic amines) is 1. The van der Waals surface area contributed by atoms with Gasteiger partial charge in [-0.15, -0.1) is 0 Å². The van der Waals surface area contributed by atoms with Crippen LogP contribution in [-0.2, 0) is 9.63 Å². The van der Waals surface area contributed by atoms with Crippen LogP contribution in [0, 0.1) is 5.92 Å². The minimum absolute atomic E-state index is 0.0543. The van der Waals surface area contributed by atoms with Crippen LogP contribution in [-0.4, -0.2) is 60.7 Å². The summed E-state index contributed by atoms with van der Waals surface area (Å²) in [7, 11) is 1.86. The quantitative estimate of drug-likeness (QED) is 0.755. The van der Waals surface area contributed by atoms with Gasteiger partial charge >= 0.3 is 0 Å². The molecule has 0 N–H and O–H groups in total. The molecule has 0 bridgehead atoms. The van der Waals surface area contributed by atoms with Crippen molar-refractivity contribution in [2.75, 3.05) is 33.2 Å². The van der Waals surface area contributed by atoms with E-state index in [1.54, 1.807) is 4.90 Å². The van der Waals surface area contributed by atoms with E-state index in [0.29, 0.717) is 12.3 Å². The number of carbonyl (C=O) groups excluding carboxylic acids is 1. The molecule has 108 valence electrons. The topological polar surface area (TPSA) is 45.1 Å². The van der Waals surface area contributed by atoms with Crippen molar-refractivity contribution in [1.82, 2.24) is 9.80 Å². The van der Waals surface area contributed by atoms with E-state index >= 15 is 0 Å². The molecule has 0 aromatic heterocycles. The largest absolute Gasteiger partial charge is 0.382 e. The minimum Gasteiger partial charge on any atom is -0.382 e. The monoisotopic (exact) mass is 267 g/mol. The summed E-state index contributed by atoms with van der Waals surface area (Å²) >= 11 is 0. The van der Waals surface area contributed by atoms with Gasteiger partial charge in [0.1, 0.15) is 0 Å². The normalized spacial score (nSPS) is 23.6. The van der Waals surface area contributed by atoms with Crippen LogP contribution >= 0.6 is 0 Å². The van der Waals surface area contributed by atoms with Crippen molar-refractivity contribution in [3.8, 4) is 0 Å². The average Bonchev–Trinajstić information content (AvgIpc) is 3.05. The smallest absolute Gasteiger partial charge is 0.266 e. The highest BCUT2D eigenvalue weighted by Gasteiger charge is 2.31. The van der Waals surface area contributed by atoms with Crippen LogP contribution in [0.3, 0.4) is 0 Å². The van der Waals surface area contributed by atoms with Crippen LogP contribution in [0.1, 0.15) is 33.1 Å². The summed E-state index contributed by atoms with van der Waals surface area (Å²) in [6, 6.07) is 0. The molecule has 5 nitrogen and oxygen atoms in total. The summed E-state index contributed by atoms with van der Waals surface area (Å²) < 4.78 is 0. The number of hydrogen-bond donors (Lipinski definition) is 0. The Kier molecular flexibility index (Phi) is 4.80. The van der Waals surface area contributed by atoms with Crippen molar-refractivity contribution in [2.24, 2.45) is 11.1 Å². The lowest BCUT2D eigenvalue weighted by atomic mass is 10.0. The molecule has 0 unspecified atom stereocenters. The minimum atomic E-state index is -0.402. The lowest BCUT2D eigenvalue weighted by Gasteiger charge is -2.23. The van der Waals surface area contributed by atoms with E-state index in [2.05, 4.69) is 23.9 Å². The van der Waals surface area contributed by atoms with Crippen molar-refractivity contribution in [1.29, 1.82) is 0 Å². The maximum atomic E-state index is 12.2. The molecule has 2 rings (SSSR count). The summed E-state index contributed by atoms with van der Waals surface area (Å²) in [6.07, 6.45) is 2.81.